The molecule has 74 heavy (non-hydrogen) atoms. The molecule has 2 saturated heterocycles. The molecule has 0 radical (unpaired) electrons. The second-order valence-electron chi connectivity index (χ2n) is 16.4. The number of nitrogens with zero attached hydrogens (tertiary/aromatic N) is 2. The normalized spacial score (nSPS) is 20.8. The Bertz CT molecular complexity index is 2580. The van der Waals surface area contributed by atoms with Gasteiger partial charge in [-0.1, -0.05) is 12.2 Å². The number of methoxy groups -OCH3 is 6. The molecule has 4 aliphatic heterocycles. The minimum atomic E-state index is -1.58. The minimum Gasteiger partial charge on any atom is -0.493 e. The maximum Gasteiger partial charge on any atom is 0.303 e. The fourth-order valence-corrected chi connectivity index (χ4v) is 8.58. The molecule has 2 fully saturated rings. The van der Waals surface area contributed by atoms with Gasteiger partial charge in [0.2, 0.25) is 23.3 Å². The summed E-state index contributed by atoms with van der Waals surface area (Å²) in [4.78, 5) is 103. The van der Waals surface area contributed by atoms with Gasteiger partial charge in [0.15, 0.2) is 28.8 Å². The summed E-state index contributed by atoms with van der Waals surface area (Å²) in [5, 5.41) is 45.8. The SMILES string of the molecule is COc1cc(N2C(=O)C3C(C2=O)[C@@]2(CO)C=C[C@]3(CC(=O)[C@H](CCC(=O)O)NO)O2)cc(OC)c1OC.COc1cc(N2C(=O)C=CC2=O)cc(OC)c1OC.O=C[C@@H](CCC(=O)O)NOCc1ccc(CO)o1. The number of ketones is 1. The number of rotatable bonds is 25. The van der Waals surface area contributed by atoms with Crippen molar-refractivity contribution in [3.05, 3.63) is 72.2 Å². The zero-order chi connectivity index (χ0) is 54.5. The number of hydrogen-bond acceptors (Lipinski definition) is 22. The number of carbonyl (C=O) groups is 8. The summed E-state index contributed by atoms with van der Waals surface area (Å²) >= 11 is 0. The van der Waals surface area contributed by atoms with Gasteiger partial charge in [0.25, 0.3) is 11.8 Å². The number of carboxylic acids is 2. The minimum absolute atomic E-state index is 0.0808. The second kappa shape index (κ2) is 25.3. The first-order valence-corrected chi connectivity index (χ1v) is 22.3. The molecule has 2 unspecified atom stereocenters. The molecule has 0 saturated carbocycles. The number of nitrogens with one attached hydrogen (secondary N) is 2. The fourth-order valence-electron chi connectivity index (χ4n) is 8.58. The first-order chi connectivity index (χ1) is 35.4. The van der Waals surface area contributed by atoms with Crippen molar-refractivity contribution < 1.29 is 106 Å². The molecule has 0 spiro atoms. The second-order valence-corrected chi connectivity index (χ2v) is 16.4. The van der Waals surface area contributed by atoms with Gasteiger partial charge in [-0.2, -0.15) is 11.0 Å². The van der Waals surface area contributed by atoms with E-state index in [9.17, 15) is 48.7 Å². The van der Waals surface area contributed by atoms with Crippen molar-refractivity contribution in [2.45, 2.75) is 68.6 Å². The van der Waals surface area contributed by atoms with E-state index in [1.807, 2.05) is 5.48 Å². The smallest absolute Gasteiger partial charge is 0.303 e. The summed E-state index contributed by atoms with van der Waals surface area (Å²) in [5.41, 5.74) is 1.67. The number of aliphatic hydroxyl groups is 2. The Labute approximate surface area is 421 Å². The lowest BCUT2D eigenvalue weighted by Gasteiger charge is -2.30. The van der Waals surface area contributed by atoms with Crippen molar-refractivity contribution >= 4 is 59.0 Å². The van der Waals surface area contributed by atoms with Crippen LogP contribution in [0.3, 0.4) is 0 Å². The number of hydrogen-bond donors (Lipinski definition) is 7. The van der Waals surface area contributed by atoms with Crippen LogP contribution in [-0.2, 0) is 61.1 Å². The zero-order valence-electron chi connectivity index (χ0n) is 40.9. The van der Waals surface area contributed by atoms with E-state index in [1.54, 1.807) is 24.3 Å². The van der Waals surface area contributed by atoms with Gasteiger partial charge in [0.1, 0.15) is 42.2 Å². The zero-order valence-corrected chi connectivity index (χ0v) is 40.9. The molecule has 26 nitrogen and oxygen atoms in total. The summed E-state index contributed by atoms with van der Waals surface area (Å²) in [6.07, 6.45) is 4.99. The molecule has 6 atom stereocenters. The average Bonchev–Trinajstić information content (AvgIpc) is 4.22. The number of imide groups is 2. The highest BCUT2D eigenvalue weighted by molar-refractivity contribution is 6.28. The molecule has 2 bridgehead atoms. The van der Waals surface area contributed by atoms with Crippen molar-refractivity contribution in [1.29, 1.82) is 0 Å². The van der Waals surface area contributed by atoms with Gasteiger partial charge in [0, 0.05) is 55.7 Å². The van der Waals surface area contributed by atoms with Crippen LogP contribution in [0.4, 0.5) is 11.4 Å². The molecule has 4 aliphatic rings. The van der Waals surface area contributed by atoms with E-state index in [0.29, 0.717) is 40.7 Å². The van der Waals surface area contributed by atoms with Crippen molar-refractivity contribution in [2.24, 2.45) is 11.8 Å². The number of amides is 4. The number of ether oxygens (including phenoxy) is 7. The van der Waals surface area contributed by atoms with E-state index in [-0.39, 0.29) is 61.8 Å². The average molecular weight is 1040 g/mol. The molecule has 4 amide bonds. The van der Waals surface area contributed by atoms with Crippen molar-refractivity contribution in [2.75, 3.05) is 59.1 Å². The Morgan fingerprint density at radius 3 is 1.61 bits per heavy atom. The van der Waals surface area contributed by atoms with Gasteiger partial charge in [0.05, 0.1) is 84.6 Å². The lowest BCUT2D eigenvalue weighted by molar-refractivity contribution is -0.140. The topological polar surface area (TPSA) is 355 Å². The molecule has 5 heterocycles. The van der Waals surface area contributed by atoms with Crippen LogP contribution in [0.15, 0.2) is 65.1 Å². The Balaban J connectivity index is 0.000000230. The van der Waals surface area contributed by atoms with Crippen molar-refractivity contribution in [1.82, 2.24) is 11.0 Å². The number of aliphatic hydroxyl groups excluding tert-OH is 2. The van der Waals surface area contributed by atoms with E-state index in [4.69, 9.17) is 57.7 Å². The predicted octanol–water partition coefficient (Wildman–Crippen LogP) is 1.43. The van der Waals surface area contributed by atoms with Crippen LogP contribution in [0.5, 0.6) is 34.5 Å². The molecular weight excluding hydrogens is 985 g/mol. The standard InChI is InChI=1S/C24H28N2O11.C13H13NO5.C11H15NO6/c1-34-15-8-12(9-16(35-2)20(15)36-3)26-21(31)18-19(22(26)32)24(11-27)7-6-23(18,37-24)10-14(28)13(25-33)4-5-17(29)30;1-17-9-6-8(7-10(18-2)13(9)19-3)14-11(15)4-5-12(14)16;13-5-8(1-4-11(15)16)12-17-7-10-3-2-9(6-14)18-10/h6-9,13,18-19,25,27,33H,4-5,10-11H2,1-3H3,(H,29,30);4-7H,1-3H3;2-3,5,8,12,14H,1,4,6-7H2,(H,15,16)/t13-,18?,19?,23+,24-;;8-/m0.1/s1. The number of aliphatic carboxylic acids is 2. The van der Waals surface area contributed by atoms with Crippen LogP contribution in [-0.4, -0.2) is 146 Å². The molecule has 2 aromatic carbocycles. The van der Waals surface area contributed by atoms with E-state index < -0.39 is 89.5 Å². The largest absolute Gasteiger partial charge is 0.493 e. The van der Waals surface area contributed by atoms with Gasteiger partial charge >= 0.3 is 11.9 Å². The number of Topliss-reactive ketones (excluding diaryl/α,β-unsaturated/α-hetero) is 1. The molecule has 1 aromatic heterocycles. The number of carboxylic acid groups (broad SMARTS) is 2. The van der Waals surface area contributed by atoms with Crippen molar-refractivity contribution in [3.63, 3.8) is 0 Å². The van der Waals surface area contributed by atoms with Crippen LogP contribution in [0.1, 0.15) is 43.6 Å². The fraction of sp³-hybridized carbons (Fsp3) is 0.417. The first-order valence-electron chi connectivity index (χ1n) is 22.3. The molecule has 3 aromatic rings. The number of hydroxylamine groups is 2. The highest BCUT2D eigenvalue weighted by Gasteiger charge is 2.74. The number of anilines is 2. The van der Waals surface area contributed by atoms with E-state index in [0.717, 1.165) is 9.80 Å². The quantitative estimate of drug-likeness (QED) is 0.0273. The highest BCUT2D eigenvalue weighted by atomic mass is 16.6. The first kappa shape index (κ1) is 57.2. The molecular formula is C48H56N4O22. The molecule has 7 rings (SSSR count). The van der Waals surface area contributed by atoms with Crippen LogP contribution in [0.25, 0.3) is 0 Å². The lowest BCUT2D eigenvalue weighted by atomic mass is 9.70. The van der Waals surface area contributed by atoms with E-state index >= 15 is 0 Å². The number of fused-ring (bicyclic) bond motifs is 5. The number of carbonyl (C=O) groups excluding carboxylic acids is 6. The van der Waals surface area contributed by atoms with Crippen LogP contribution < -0.4 is 49.2 Å². The third-order valence-corrected chi connectivity index (χ3v) is 12.1. The third kappa shape index (κ3) is 12.2. The Morgan fingerprint density at radius 1 is 0.703 bits per heavy atom. The van der Waals surface area contributed by atoms with Gasteiger partial charge in [-0.3, -0.25) is 38.4 Å². The van der Waals surface area contributed by atoms with Crippen molar-refractivity contribution in [3.8, 4) is 34.5 Å². The summed E-state index contributed by atoms with van der Waals surface area (Å²) in [6, 6.07) is 7.32. The van der Waals surface area contributed by atoms with Crippen LogP contribution in [0.2, 0.25) is 0 Å². The monoisotopic (exact) mass is 1040 g/mol. The summed E-state index contributed by atoms with van der Waals surface area (Å²) in [6.45, 7) is -0.732. The highest BCUT2D eigenvalue weighted by Crippen LogP contribution is 2.59. The van der Waals surface area contributed by atoms with Gasteiger partial charge in [-0.05, 0) is 25.0 Å². The predicted molar refractivity (Wildman–Crippen MR) is 251 cm³/mol. The molecule has 7 N–H and O–H groups in total. The molecule has 400 valence electrons. The number of aldehydes is 1. The molecule has 0 aliphatic carbocycles. The van der Waals surface area contributed by atoms with E-state index in [1.165, 1.54) is 79.1 Å². The third-order valence-electron chi connectivity index (χ3n) is 12.1. The van der Waals surface area contributed by atoms with Gasteiger partial charge < -0.3 is 68.0 Å². The molecule has 26 heteroatoms. The van der Waals surface area contributed by atoms with Crippen LogP contribution >= 0.6 is 0 Å². The lowest BCUT2D eigenvalue weighted by Crippen LogP contribution is -2.46. The van der Waals surface area contributed by atoms with Crippen LogP contribution in [0, 0.1) is 11.8 Å². The maximum atomic E-state index is 13.8. The summed E-state index contributed by atoms with van der Waals surface area (Å²) in [7, 11) is 8.60. The Kier molecular flexibility index (Phi) is 19.5. The number of benzene rings is 2. The van der Waals surface area contributed by atoms with Gasteiger partial charge in [-0.15, -0.1) is 0 Å². The Hall–Kier alpha value is -7.72. The number of furan rings is 1. The van der Waals surface area contributed by atoms with E-state index in [2.05, 4.69) is 5.48 Å². The maximum absolute atomic E-state index is 13.8. The summed E-state index contributed by atoms with van der Waals surface area (Å²) < 4.78 is 42.7. The summed E-state index contributed by atoms with van der Waals surface area (Å²) in [5.74, 6) is -4.36. The Morgan fingerprint density at radius 2 is 1.18 bits per heavy atom. The van der Waals surface area contributed by atoms with Gasteiger partial charge in [-0.25, -0.2) is 9.80 Å².